The lowest BCUT2D eigenvalue weighted by atomic mass is 9.90. The summed E-state index contributed by atoms with van der Waals surface area (Å²) in [5.74, 6) is 0. The van der Waals surface area contributed by atoms with E-state index < -0.39 is 11.2 Å². The Morgan fingerprint density at radius 1 is 0.882 bits per heavy atom. The van der Waals surface area contributed by atoms with Gasteiger partial charge in [0.2, 0.25) is 0 Å². The van der Waals surface area contributed by atoms with Crippen LogP contribution in [0.1, 0.15) is 46.3 Å². The third-order valence-electron chi connectivity index (χ3n) is 2.78. The summed E-state index contributed by atoms with van der Waals surface area (Å²) in [5.41, 5.74) is -1.04. The Kier molecular flexibility index (Phi) is 5.82. The molecule has 0 bridgehead atoms. The Bertz CT molecular complexity index is 292. The second kappa shape index (κ2) is 6.15. The molecule has 0 fully saturated rings. The van der Waals surface area contributed by atoms with Gasteiger partial charge in [-0.25, -0.2) is 0 Å². The van der Waals surface area contributed by atoms with Crippen molar-refractivity contribution in [2.24, 2.45) is 0 Å². The first-order chi connectivity index (χ1) is 7.55. The van der Waals surface area contributed by atoms with Gasteiger partial charge in [-0.3, -0.25) is 0 Å². The highest BCUT2D eigenvalue weighted by molar-refractivity contribution is 5.16. The van der Waals surface area contributed by atoms with Crippen LogP contribution in [0.4, 0.5) is 0 Å². The maximum atomic E-state index is 9.10. The van der Waals surface area contributed by atoms with Crippen molar-refractivity contribution in [3.05, 3.63) is 35.9 Å². The van der Waals surface area contributed by atoms with Crippen LogP contribution in [0.15, 0.2) is 30.3 Å². The van der Waals surface area contributed by atoms with Gasteiger partial charge in [0.1, 0.15) is 0 Å². The molecule has 1 aromatic carbocycles. The maximum absolute atomic E-state index is 9.10. The van der Waals surface area contributed by atoms with Gasteiger partial charge in [0, 0.05) is 0 Å². The highest BCUT2D eigenvalue weighted by Crippen LogP contribution is 2.19. The molecular weight excluding hydrogens is 216 g/mol. The molecule has 1 atom stereocenters. The summed E-state index contributed by atoms with van der Waals surface area (Å²) in [5, 5.41) is 27.2. The van der Waals surface area contributed by atoms with Crippen molar-refractivity contribution in [1.82, 2.24) is 0 Å². The van der Waals surface area contributed by atoms with Crippen molar-refractivity contribution >= 4 is 0 Å². The first kappa shape index (κ1) is 16.1. The zero-order chi connectivity index (χ0) is 13.7. The van der Waals surface area contributed by atoms with Gasteiger partial charge >= 0.3 is 0 Å². The van der Waals surface area contributed by atoms with Crippen LogP contribution in [-0.4, -0.2) is 26.5 Å². The van der Waals surface area contributed by atoms with Crippen LogP contribution in [0.25, 0.3) is 0 Å². The minimum Gasteiger partial charge on any atom is -0.389 e. The van der Waals surface area contributed by atoms with Gasteiger partial charge < -0.3 is 15.3 Å². The van der Waals surface area contributed by atoms with Gasteiger partial charge in [0.25, 0.3) is 0 Å². The fourth-order valence-electron chi connectivity index (χ4n) is 0.732. The summed E-state index contributed by atoms with van der Waals surface area (Å²) in [7, 11) is 0. The Balaban J connectivity index is 0.000000304. The standard InChI is InChI=1S/C8H10O.C6H14O2/c1-7(9)8-5-3-2-4-6-8;1-5(2,7)6(3,4)8/h2-7,9H,1H3;7-8H,1-4H3. The van der Waals surface area contributed by atoms with Crippen LogP contribution >= 0.6 is 0 Å². The lowest BCUT2D eigenvalue weighted by molar-refractivity contribution is -0.107. The van der Waals surface area contributed by atoms with Crippen LogP contribution < -0.4 is 0 Å². The molecule has 1 unspecified atom stereocenters. The van der Waals surface area contributed by atoms with Crippen molar-refractivity contribution in [3.8, 4) is 0 Å². The van der Waals surface area contributed by atoms with E-state index >= 15 is 0 Å². The van der Waals surface area contributed by atoms with Crippen molar-refractivity contribution < 1.29 is 15.3 Å². The largest absolute Gasteiger partial charge is 0.389 e. The molecule has 0 saturated heterocycles. The molecular formula is C14H24O3. The van der Waals surface area contributed by atoms with Crippen molar-refractivity contribution in [3.63, 3.8) is 0 Å². The van der Waals surface area contributed by atoms with E-state index in [0.29, 0.717) is 0 Å². The average molecular weight is 240 g/mol. The van der Waals surface area contributed by atoms with Crippen LogP contribution in [0.2, 0.25) is 0 Å². The third kappa shape index (κ3) is 6.41. The number of rotatable bonds is 2. The molecule has 1 aromatic rings. The summed E-state index contributed by atoms with van der Waals surface area (Å²) in [6.45, 7) is 8.06. The van der Waals surface area contributed by atoms with Crippen LogP contribution in [0.5, 0.6) is 0 Å². The molecule has 0 aliphatic rings. The number of hydrogen-bond acceptors (Lipinski definition) is 3. The number of aliphatic hydroxyl groups excluding tert-OH is 1. The summed E-state index contributed by atoms with van der Waals surface area (Å²) < 4.78 is 0. The molecule has 3 heteroatoms. The first-order valence-corrected chi connectivity index (χ1v) is 5.73. The summed E-state index contributed by atoms with van der Waals surface area (Å²) in [4.78, 5) is 0. The minimum atomic E-state index is -1.01. The summed E-state index contributed by atoms with van der Waals surface area (Å²) in [6, 6.07) is 9.59. The first-order valence-electron chi connectivity index (χ1n) is 5.73. The topological polar surface area (TPSA) is 60.7 Å². The molecule has 0 heterocycles. The van der Waals surface area contributed by atoms with Gasteiger partial charge in [-0.1, -0.05) is 30.3 Å². The summed E-state index contributed by atoms with van der Waals surface area (Å²) >= 11 is 0. The highest BCUT2D eigenvalue weighted by Gasteiger charge is 2.31. The van der Waals surface area contributed by atoms with Crippen LogP contribution in [0, 0.1) is 0 Å². The van der Waals surface area contributed by atoms with E-state index in [1.807, 2.05) is 30.3 Å². The molecule has 0 aliphatic heterocycles. The molecule has 0 amide bonds. The molecule has 3 nitrogen and oxygen atoms in total. The fourth-order valence-corrected chi connectivity index (χ4v) is 0.732. The Labute approximate surface area is 104 Å². The molecule has 98 valence electrons. The molecule has 17 heavy (non-hydrogen) atoms. The van der Waals surface area contributed by atoms with Crippen molar-refractivity contribution in [2.75, 3.05) is 0 Å². The molecule has 0 saturated carbocycles. The normalized spacial score (nSPS) is 13.6. The SMILES string of the molecule is CC(C)(O)C(C)(C)O.CC(O)c1ccccc1. The highest BCUT2D eigenvalue weighted by atomic mass is 16.3. The predicted molar refractivity (Wildman–Crippen MR) is 69.7 cm³/mol. The molecule has 0 spiro atoms. The number of hydrogen-bond donors (Lipinski definition) is 3. The molecule has 0 radical (unpaired) electrons. The second-order valence-electron chi connectivity index (χ2n) is 5.20. The van der Waals surface area contributed by atoms with Crippen molar-refractivity contribution in [1.29, 1.82) is 0 Å². The summed E-state index contributed by atoms with van der Waals surface area (Å²) in [6.07, 6.45) is -0.341. The molecule has 0 aliphatic carbocycles. The van der Waals surface area contributed by atoms with E-state index in [4.69, 9.17) is 15.3 Å². The van der Waals surface area contributed by atoms with Gasteiger partial charge in [-0.15, -0.1) is 0 Å². The van der Waals surface area contributed by atoms with E-state index in [2.05, 4.69) is 0 Å². The molecule has 1 rings (SSSR count). The van der Waals surface area contributed by atoms with E-state index in [-0.39, 0.29) is 6.10 Å². The van der Waals surface area contributed by atoms with E-state index in [1.54, 1.807) is 34.6 Å². The Morgan fingerprint density at radius 3 is 1.41 bits per heavy atom. The van der Waals surface area contributed by atoms with Gasteiger partial charge in [0.05, 0.1) is 17.3 Å². The number of benzene rings is 1. The minimum absolute atomic E-state index is 0.341. The third-order valence-corrected chi connectivity index (χ3v) is 2.78. The smallest absolute Gasteiger partial charge is 0.0872 e. The lowest BCUT2D eigenvalue weighted by Crippen LogP contribution is -2.44. The second-order valence-corrected chi connectivity index (χ2v) is 5.20. The monoisotopic (exact) mass is 240 g/mol. The van der Waals surface area contributed by atoms with Gasteiger partial charge in [-0.05, 0) is 40.2 Å². The number of aliphatic hydroxyl groups is 3. The van der Waals surface area contributed by atoms with Crippen LogP contribution in [0.3, 0.4) is 0 Å². The van der Waals surface area contributed by atoms with E-state index in [0.717, 1.165) is 5.56 Å². The average Bonchev–Trinajstić information content (AvgIpc) is 2.17. The van der Waals surface area contributed by atoms with Gasteiger partial charge in [0.15, 0.2) is 0 Å². The predicted octanol–water partition coefficient (Wildman–Crippen LogP) is 2.27. The van der Waals surface area contributed by atoms with Crippen molar-refractivity contribution in [2.45, 2.75) is 51.9 Å². The quantitative estimate of drug-likeness (QED) is 0.743. The lowest BCUT2D eigenvalue weighted by Gasteiger charge is -2.31. The van der Waals surface area contributed by atoms with Crippen LogP contribution in [-0.2, 0) is 0 Å². The fraction of sp³-hybridized carbons (Fsp3) is 0.571. The zero-order valence-electron chi connectivity index (χ0n) is 11.3. The zero-order valence-corrected chi connectivity index (χ0v) is 11.3. The van der Waals surface area contributed by atoms with E-state index in [1.165, 1.54) is 0 Å². The molecule has 3 N–H and O–H groups in total. The Morgan fingerprint density at radius 2 is 1.24 bits per heavy atom. The Hall–Kier alpha value is -0.900. The van der Waals surface area contributed by atoms with E-state index in [9.17, 15) is 0 Å². The molecule has 0 aromatic heterocycles. The van der Waals surface area contributed by atoms with Gasteiger partial charge in [-0.2, -0.15) is 0 Å². The maximum Gasteiger partial charge on any atom is 0.0872 e.